The number of halogens is 1. The minimum atomic E-state index is -0.422. The van der Waals surface area contributed by atoms with Gasteiger partial charge in [-0.15, -0.1) is 0 Å². The second-order valence-corrected chi connectivity index (χ2v) is 7.97. The Bertz CT molecular complexity index is 1230. The molecule has 0 unspecified atom stereocenters. The third kappa shape index (κ3) is 4.65. The number of nitrogens with zero attached hydrogens (tertiary/aromatic N) is 1. The Morgan fingerprint density at radius 2 is 1.61 bits per heavy atom. The van der Waals surface area contributed by atoms with Gasteiger partial charge in [-0.2, -0.15) is 0 Å². The largest absolute Gasteiger partial charge is 0.494 e. The number of benzene rings is 3. The van der Waals surface area contributed by atoms with Crippen molar-refractivity contribution < 1.29 is 18.7 Å². The molecule has 168 valence electrons. The number of ether oxygens (including phenoxy) is 1. The summed E-state index contributed by atoms with van der Waals surface area (Å²) in [6, 6.07) is 18.8. The summed E-state index contributed by atoms with van der Waals surface area (Å²) in [6.45, 7) is 6.39. The predicted molar refractivity (Wildman–Crippen MR) is 126 cm³/mol. The van der Waals surface area contributed by atoms with E-state index in [0.29, 0.717) is 29.1 Å². The third-order valence-corrected chi connectivity index (χ3v) is 5.53. The van der Waals surface area contributed by atoms with Crippen LogP contribution in [0.25, 0.3) is 5.57 Å². The monoisotopic (exact) mass is 444 g/mol. The second kappa shape index (κ2) is 9.28. The van der Waals surface area contributed by atoms with Crippen molar-refractivity contribution >= 4 is 23.1 Å². The maximum Gasteiger partial charge on any atom is 0.278 e. The highest BCUT2D eigenvalue weighted by Crippen LogP contribution is 2.33. The van der Waals surface area contributed by atoms with Crippen LogP contribution in [0.3, 0.4) is 0 Å². The van der Waals surface area contributed by atoms with Gasteiger partial charge in [-0.3, -0.25) is 14.5 Å². The van der Waals surface area contributed by atoms with Crippen molar-refractivity contribution in [3.05, 3.63) is 100 Å². The van der Waals surface area contributed by atoms with E-state index in [1.54, 1.807) is 36.4 Å². The van der Waals surface area contributed by atoms with Crippen LogP contribution < -0.4 is 10.1 Å². The maximum absolute atomic E-state index is 13.5. The molecule has 1 N–H and O–H groups in total. The Hall–Kier alpha value is -3.93. The van der Waals surface area contributed by atoms with E-state index >= 15 is 0 Å². The van der Waals surface area contributed by atoms with Gasteiger partial charge in [0.05, 0.1) is 18.7 Å². The molecule has 0 bridgehead atoms. The van der Waals surface area contributed by atoms with Crippen molar-refractivity contribution in [3.63, 3.8) is 0 Å². The number of imide groups is 1. The molecule has 2 amide bonds. The van der Waals surface area contributed by atoms with Gasteiger partial charge in [-0.05, 0) is 73.4 Å². The van der Waals surface area contributed by atoms with Crippen LogP contribution in [0.15, 0.2) is 72.4 Å². The smallest absolute Gasteiger partial charge is 0.278 e. The molecule has 5 nitrogen and oxygen atoms in total. The van der Waals surface area contributed by atoms with Crippen LogP contribution in [0.1, 0.15) is 29.2 Å². The molecule has 0 fully saturated rings. The van der Waals surface area contributed by atoms with Crippen LogP contribution in [0.2, 0.25) is 0 Å². The minimum Gasteiger partial charge on any atom is -0.494 e. The normalized spacial score (nSPS) is 13.6. The van der Waals surface area contributed by atoms with Crippen LogP contribution in [0.5, 0.6) is 5.75 Å². The molecular weight excluding hydrogens is 419 g/mol. The average Bonchev–Trinajstić information content (AvgIpc) is 3.03. The van der Waals surface area contributed by atoms with Crippen molar-refractivity contribution in [3.8, 4) is 5.75 Å². The van der Waals surface area contributed by atoms with E-state index in [1.165, 1.54) is 17.0 Å². The number of carbonyl (C=O) groups is 2. The van der Waals surface area contributed by atoms with Crippen molar-refractivity contribution in [2.75, 3.05) is 11.9 Å². The fourth-order valence-electron chi connectivity index (χ4n) is 3.77. The van der Waals surface area contributed by atoms with Gasteiger partial charge < -0.3 is 10.1 Å². The van der Waals surface area contributed by atoms with E-state index in [0.717, 1.165) is 16.8 Å². The molecule has 1 heterocycles. The summed E-state index contributed by atoms with van der Waals surface area (Å²) < 4.78 is 18.8. The van der Waals surface area contributed by atoms with E-state index in [2.05, 4.69) is 5.32 Å². The van der Waals surface area contributed by atoms with E-state index in [9.17, 15) is 14.0 Å². The quantitative estimate of drug-likeness (QED) is 0.507. The van der Waals surface area contributed by atoms with E-state index < -0.39 is 11.8 Å². The fourth-order valence-corrected chi connectivity index (χ4v) is 3.77. The molecule has 4 rings (SSSR count). The Morgan fingerprint density at radius 3 is 2.27 bits per heavy atom. The standard InChI is InChI=1S/C27H25FN2O3/c1-4-33-22-13-9-20(10-14-22)24-25(29-23-15-17(2)5-6-18(23)3)27(32)30(26(24)31)16-19-7-11-21(28)12-8-19/h5-15,29H,4,16H2,1-3H3. The third-order valence-electron chi connectivity index (χ3n) is 5.53. The summed E-state index contributed by atoms with van der Waals surface area (Å²) in [5, 5.41) is 3.22. The first-order valence-corrected chi connectivity index (χ1v) is 10.8. The number of anilines is 1. The van der Waals surface area contributed by atoms with Gasteiger partial charge in [-0.1, -0.05) is 36.4 Å². The van der Waals surface area contributed by atoms with Crippen LogP contribution >= 0.6 is 0 Å². The van der Waals surface area contributed by atoms with E-state index in [1.807, 2.05) is 39.0 Å². The highest BCUT2D eigenvalue weighted by molar-refractivity contribution is 6.36. The first-order chi connectivity index (χ1) is 15.9. The Labute approximate surface area is 192 Å². The maximum atomic E-state index is 13.5. The lowest BCUT2D eigenvalue weighted by molar-refractivity contribution is -0.137. The van der Waals surface area contributed by atoms with Crippen LogP contribution in [-0.2, 0) is 16.1 Å². The minimum absolute atomic E-state index is 0.0520. The zero-order valence-electron chi connectivity index (χ0n) is 18.8. The molecule has 33 heavy (non-hydrogen) atoms. The number of rotatable bonds is 7. The average molecular weight is 445 g/mol. The summed E-state index contributed by atoms with van der Waals surface area (Å²) in [4.78, 5) is 28.1. The predicted octanol–water partition coefficient (Wildman–Crippen LogP) is 5.23. The van der Waals surface area contributed by atoms with Gasteiger partial charge in [-0.25, -0.2) is 4.39 Å². The SMILES string of the molecule is CCOc1ccc(C2=C(Nc3cc(C)ccc3C)C(=O)N(Cc3ccc(F)cc3)C2=O)cc1. The molecule has 1 aliphatic rings. The molecule has 0 atom stereocenters. The van der Waals surface area contributed by atoms with Crippen molar-refractivity contribution in [1.29, 1.82) is 0 Å². The first-order valence-electron chi connectivity index (χ1n) is 10.8. The van der Waals surface area contributed by atoms with Crippen LogP contribution in [0, 0.1) is 19.7 Å². The number of carbonyl (C=O) groups excluding carboxylic acids is 2. The molecule has 0 saturated heterocycles. The molecule has 0 radical (unpaired) electrons. The summed E-state index contributed by atoms with van der Waals surface area (Å²) in [7, 11) is 0. The number of nitrogens with one attached hydrogen (secondary N) is 1. The molecule has 0 saturated carbocycles. The molecular formula is C27H25FN2O3. The molecule has 0 aliphatic carbocycles. The van der Waals surface area contributed by atoms with Gasteiger partial charge in [0.25, 0.3) is 11.8 Å². The van der Waals surface area contributed by atoms with Gasteiger partial charge in [0.15, 0.2) is 0 Å². The lowest BCUT2D eigenvalue weighted by Crippen LogP contribution is -2.32. The summed E-state index contributed by atoms with van der Waals surface area (Å²) in [6.07, 6.45) is 0. The van der Waals surface area contributed by atoms with Crippen molar-refractivity contribution in [2.45, 2.75) is 27.3 Å². The zero-order chi connectivity index (χ0) is 23.5. The van der Waals surface area contributed by atoms with E-state index in [4.69, 9.17) is 4.74 Å². The molecule has 0 aromatic heterocycles. The van der Waals surface area contributed by atoms with Crippen LogP contribution in [-0.4, -0.2) is 23.3 Å². The van der Waals surface area contributed by atoms with Crippen molar-refractivity contribution in [2.24, 2.45) is 0 Å². The topological polar surface area (TPSA) is 58.6 Å². The highest BCUT2D eigenvalue weighted by Gasteiger charge is 2.39. The molecule has 6 heteroatoms. The Kier molecular flexibility index (Phi) is 6.27. The lowest BCUT2D eigenvalue weighted by Gasteiger charge is -2.16. The molecule has 0 spiro atoms. The second-order valence-electron chi connectivity index (χ2n) is 7.97. The van der Waals surface area contributed by atoms with Gasteiger partial charge in [0.2, 0.25) is 0 Å². The zero-order valence-corrected chi connectivity index (χ0v) is 18.8. The molecule has 3 aromatic rings. The number of hydrogen-bond donors (Lipinski definition) is 1. The lowest BCUT2D eigenvalue weighted by atomic mass is 10.0. The van der Waals surface area contributed by atoms with Crippen molar-refractivity contribution in [1.82, 2.24) is 4.90 Å². The summed E-state index contributed by atoms with van der Waals surface area (Å²) in [5.41, 5.74) is 4.55. The Morgan fingerprint density at radius 1 is 0.909 bits per heavy atom. The number of amides is 2. The van der Waals surface area contributed by atoms with E-state index in [-0.39, 0.29) is 18.1 Å². The number of hydrogen-bond acceptors (Lipinski definition) is 4. The summed E-state index contributed by atoms with van der Waals surface area (Å²) in [5.74, 6) is -0.510. The van der Waals surface area contributed by atoms with Gasteiger partial charge >= 0.3 is 0 Å². The first kappa shape index (κ1) is 22.3. The fraction of sp³-hybridized carbons (Fsp3) is 0.185. The summed E-state index contributed by atoms with van der Waals surface area (Å²) >= 11 is 0. The molecule has 3 aromatic carbocycles. The molecule has 1 aliphatic heterocycles. The van der Waals surface area contributed by atoms with Gasteiger partial charge in [0.1, 0.15) is 17.3 Å². The highest BCUT2D eigenvalue weighted by atomic mass is 19.1. The number of aryl methyl sites for hydroxylation is 2. The van der Waals surface area contributed by atoms with Crippen LogP contribution in [0.4, 0.5) is 10.1 Å². The Balaban J connectivity index is 1.74. The van der Waals surface area contributed by atoms with Gasteiger partial charge in [0, 0.05) is 5.69 Å².